The smallest absolute Gasteiger partial charge is 0.318 e. The van der Waals surface area contributed by atoms with E-state index in [1.165, 1.54) is 0 Å². The van der Waals surface area contributed by atoms with Gasteiger partial charge in [-0.3, -0.25) is 5.10 Å². The third kappa shape index (κ3) is 5.19. The van der Waals surface area contributed by atoms with Crippen molar-refractivity contribution in [2.24, 2.45) is 5.92 Å². The number of aromatic amines is 1. The van der Waals surface area contributed by atoms with E-state index in [-0.39, 0.29) is 6.03 Å². The molecule has 2 aliphatic heterocycles. The van der Waals surface area contributed by atoms with Crippen LogP contribution in [0.4, 0.5) is 4.79 Å². The highest BCUT2D eigenvalue weighted by Crippen LogP contribution is 2.29. The maximum atomic E-state index is 13.3. The number of fused-ring (bicyclic) bond motifs is 1. The maximum Gasteiger partial charge on any atom is 0.318 e. The molecule has 1 aromatic carbocycles. The van der Waals surface area contributed by atoms with E-state index < -0.39 is 6.04 Å². The molecule has 4 heterocycles. The van der Waals surface area contributed by atoms with Crippen LogP contribution < -0.4 is 5.32 Å². The summed E-state index contributed by atoms with van der Waals surface area (Å²) in [5.41, 5.74) is 3.59. The van der Waals surface area contributed by atoms with Crippen molar-refractivity contribution in [1.82, 2.24) is 30.4 Å². The van der Waals surface area contributed by atoms with Gasteiger partial charge in [0.2, 0.25) is 0 Å². The molecule has 2 amide bonds. The van der Waals surface area contributed by atoms with Crippen LogP contribution in [0.3, 0.4) is 0 Å². The van der Waals surface area contributed by atoms with E-state index in [9.17, 15) is 4.79 Å². The van der Waals surface area contributed by atoms with Crippen LogP contribution in [-0.2, 0) is 24.1 Å². The molecule has 0 spiro atoms. The van der Waals surface area contributed by atoms with E-state index in [2.05, 4.69) is 20.5 Å². The van der Waals surface area contributed by atoms with Gasteiger partial charge in [-0.2, -0.15) is 5.10 Å². The number of ether oxygens (including phenoxy) is 1. The van der Waals surface area contributed by atoms with E-state index in [0.717, 1.165) is 67.2 Å². The topological polar surface area (TPSA) is 96.0 Å². The first-order valence-corrected chi connectivity index (χ1v) is 12.2. The minimum absolute atomic E-state index is 0.180. The maximum absolute atomic E-state index is 13.3. The Hall–Kier alpha value is -2.68. The summed E-state index contributed by atoms with van der Waals surface area (Å²) in [5.74, 6) is 1.40. The first-order valence-electron chi connectivity index (χ1n) is 11.5. The zero-order chi connectivity index (χ0) is 23.5. The molecule has 2 aliphatic rings. The molecule has 0 saturated carbocycles. The highest BCUT2D eigenvalue weighted by molar-refractivity contribution is 6.42. The Balaban J connectivity index is 1.30. The van der Waals surface area contributed by atoms with Gasteiger partial charge in [-0.1, -0.05) is 29.3 Å². The first kappa shape index (κ1) is 23.1. The largest absolute Gasteiger partial charge is 0.381 e. The van der Waals surface area contributed by atoms with Crippen LogP contribution in [0.1, 0.15) is 47.2 Å². The lowest BCUT2D eigenvalue weighted by Crippen LogP contribution is -2.44. The molecular weight excluding hydrogens is 475 g/mol. The van der Waals surface area contributed by atoms with Gasteiger partial charge >= 0.3 is 6.03 Å². The van der Waals surface area contributed by atoms with Crippen molar-refractivity contribution >= 4 is 29.2 Å². The van der Waals surface area contributed by atoms with Gasteiger partial charge in [-0.25, -0.2) is 14.8 Å². The van der Waals surface area contributed by atoms with Crippen molar-refractivity contribution in [3.05, 3.63) is 75.0 Å². The van der Waals surface area contributed by atoms with E-state index in [1.807, 2.05) is 18.3 Å². The van der Waals surface area contributed by atoms with Crippen LogP contribution in [0.25, 0.3) is 0 Å². The number of aromatic nitrogens is 4. The number of H-pyrrole nitrogens is 1. The van der Waals surface area contributed by atoms with Crippen molar-refractivity contribution in [1.29, 1.82) is 0 Å². The number of urea groups is 1. The molecule has 1 saturated heterocycles. The van der Waals surface area contributed by atoms with Crippen LogP contribution in [0, 0.1) is 5.92 Å². The van der Waals surface area contributed by atoms with Gasteiger partial charge in [0.1, 0.15) is 5.82 Å². The molecule has 0 aliphatic carbocycles. The summed E-state index contributed by atoms with van der Waals surface area (Å²) < 4.78 is 5.46. The van der Waals surface area contributed by atoms with E-state index in [1.54, 1.807) is 23.2 Å². The number of nitrogens with one attached hydrogen (secondary N) is 2. The summed E-state index contributed by atoms with van der Waals surface area (Å²) in [7, 11) is 0. The number of carbonyl (C=O) groups excluding carboxylic acids is 1. The molecule has 0 unspecified atom stereocenters. The van der Waals surface area contributed by atoms with Crippen molar-refractivity contribution in [3.63, 3.8) is 0 Å². The summed E-state index contributed by atoms with van der Waals surface area (Å²) in [6.45, 7) is 2.65. The average Bonchev–Trinajstić information content (AvgIpc) is 3.39. The molecular formula is C24H26Cl2N6O2. The Morgan fingerprint density at radius 2 is 2.09 bits per heavy atom. The van der Waals surface area contributed by atoms with Gasteiger partial charge in [0, 0.05) is 38.6 Å². The third-order valence-corrected chi connectivity index (χ3v) is 7.21. The van der Waals surface area contributed by atoms with Gasteiger partial charge in [0.15, 0.2) is 0 Å². The molecule has 10 heteroatoms. The highest BCUT2D eigenvalue weighted by Gasteiger charge is 2.27. The van der Waals surface area contributed by atoms with E-state index in [0.29, 0.717) is 29.1 Å². The standard InChI is InChI=1S/C24H26Cl2N6O2/c25-18-2-1-16(12-19(18)26)23(20-3-7-28-31-20)30-24(33)32-8-4-17-13-27-22(29-21(17)14-32)11-15-5-9-34-10-6-15/h1-3,7,12-13,15,23H,4-6,8-11,14H2,(H,28,31)(H,30,33)/t23-/m1/s1. The number of rotatable bonds is 5. The normalized spacial score (nSPS) is 17.3. The number of amides is 2. The van der Waals surface area contributed by atoms with Gasteiger partial charge in [0.25, 0.3) is 0 Å². The third-order valence-electron chi connectivity index (χ3n) is 6.47. The summed E-state index contributed by atoms with van der Waals surface area (Å²) in [4.78, 5) is 24.5. The van der Waals surface area contributed by atoms with Crippen LogP contribution >= 0.6 is 23.2 Å². The molecule has 0 radical (unpaired) electrons. The van der Waals surface area contributed by atoms with Crippen molar-refractivity contribution < 1.29 is 9.53 Å². The van der Waals surface area contributed by atoms with Crippen molar-refractivity contribution in [3.8, 4) is 0 Å². The molecule has 34 heavy (non-hydrogen) atoms. The fourth-order valence-electron chi connectivity index (χ4n) is 4.50. The molecule has 2 N–H and O–H groups in total. The Morgan fingerprint density at radius 1 is 1.24 bits per heavy atom. The summed E-state index contributed by atoms with van der Waals surface area (Å²) in [6.07, 6.45) is 7.23. The summed E-state index contributed by atoms with van der Waals surface area (Å²) >= 11 is 12.3. The van der Waals surface area contributed by atoms with Crippen molar-refractivity contribution in [2.45, 2.75) is 38.3 Å². The van der Waals surface area contributed by atoms with E-state index in [4.69, 9.17) is 32.9 Å². The Kier molecular flexibility index (Phi) is 6.99. The molecule has 0 bridgehead atoms. The fraction of sp³-hybridized carbons (Fsp3) is 0.417. The molecule has 178 valence electrons. The minimum atomic E-state index is -0.444. The zero-order valence-corrected chi connectivity index (χ0v) is 20.1. The lowest BCUT2D eigenvalue weighted by atomic mass is 9.96. The SMILES string of the molecule is O=C(N[C@H](c1ccc(Cl)c(Cl)c1)c1ccn[nH]1)N1CCc2cnc(CC3CCOCC3)nc2C1. The molecule has 2 aromatic heterocycles. The van der Waals surface area contributed by atoms with Crippen LogP contribution in [-0.4, -0.2) is 50.9 Å². The molecule has 8 nitrogen and oxygen atoms in total. The predicted molar refractivity (Wildman–Crippen MR) is 129 cm³/mol. The zero-order valence-electron chi connectivity index (χ0n) is 18.6. The monoisotopic (exact) mass is 500 g/mol. The number of hydrogen-bond acceptors (Lipinski definition) is 5. The van der Waals surface area contributed by atoms with Gasteiger partial charge in [0.05, 0.1) is 34.0 Å². The summed E-state index contributed by atoms with van der Waals surface area (Å²) in [5, 5.41) is 11.0. The minimum Gasteiger partial charge on any atom is -0.381 e. The van der Waals surface area contributed by atoms with Crippen molar-refractivity contribution in [2.75, 3.05) is 19.8 Å². The molecule has 3 aromatic rings. The second-order valence-electron chi connectivity index (χ2n) is 8.76. The second-order valence-corrected chi connectivity index (χ2v) is 9.57. The number of carbonyl (C=O) groups is 1. The molecule has 1 atom stereocenters. The lowest BCUT2D eigenvalue weighted by Gasteiger charge is -2.30. The fourth-order valence-corrected chi connectivity index (χ4v) is 4.81. The Bertz CT molecular complexity index is 1150. The van der Waals surface area contributed by atoms with Gasteiger partial charge in [-0.05, 0) is 54.5 Å². The van der Waals surface area contributed by atoms with Gasteiger partial charge in [-0.15, -0.1) is 0 Å². The number of nitrogens with zero attached hydrogens (tertiary/aromatic N) is 4. The van der Waals surface area contributed by atoms with Crippen LogP contribution in [0.2, 0.25) is 10.0 Å². The number of halogens is 2. The lowest BCUT2D eigenvalue weighted by molar-refractivity contribution is 0.0659. The Labute approximate surface area is 208 Å². The molecule has 1 fully saturated rings. The highest BCUT2D eigenvalue weighted by atomic mass is 35.5. The summed E-state index contributed by atoms with van der Waals surface area (Å²) in [6, 6.07) is 6.54. The quantitative estimate of drug-likeness (QED) is 0.543. The second kappa shape index (κ2) is 10.3. The Morgan fingerprint density at radius 3 is 2.85 bits per heavy atom. The molecule has 5 rings (SSSR count). The van der Waals surface area contributed by atoms with E-state index >= 15 is 0 Å². The average molecular weight is 501 g/mol. The van der Waals surface area contributed by atoms with Gasteiger partial charge < -0.3 is 15.0 Å². The predicted octanol–water partition coefficient (Wildman–Crippen LogP) is 4.33. The number of benzene rings is 1. The van der Waals surface area contributed by atoms with Crippen LogP contribution in [0.5, 0.6) is 0 Å². The van der Waals surface area contributed by atoms with Crippen LogP contribution in [0.15, 0.2) is 36.7 Å². The first-order chi connectivity index (χ1) is 16.6. The number of hydrogen-bond donors (Lipinski definition) is 2.